The molecule has 0 atom stereocenters. The molecule has 1 aliphatic heterocycles. The van der Waals surface area contributed by atoms with Gasteiger partial charge in [0.25, 0.3) is 0 Å². The lowest BCUT2D eigenvalue weighted by molar-refractivity contribution is -0.131. The van der Waals surface area contributed by atoms with Crippen LogP contribution in [0.5, 0.6) is 0 Å². The van der Waals surface area contributed by atoms with Crippen LogP contribution in [0.1, 0.15) is 58.7 Å². The molecule has 3 heterocycles. The second-order valence-electron chi connectivity index (χ2n) is 9.37. The lowest BCUT2D eigenvalue weighted by atomic mass is 10.1. The van der Waals surface area contributed by atoms with Crippen LogP contribution in [0, 0.1) is 5.92 Å². The Morgan fingerprint density at radius 3 is 2.45 bits per heavy atom. The van der Waals surface area contributed by atoms with Crippen molar-refractivity contribution in [1.82, 2.24) is 24.6 Å². The van der Waals surface area contributed by atoms with Gasteiger partial charge in [0, 0.05) is 39.0 Å². The largest absolute Gasteiger partial charge is 0.352 e. The number of para-hydroxylation sites is 1. The molecular weight excluding hydrogens is 412 g/mol. The number of nitrogens with zero attached hydrogens (tertiary/aromatic N) is 6. The molecule has 1 fully saturated rings. The Kier molecular flexibility index (Phi) is 7.57. The second kappa shape index (κ2) is 10.8. The molecule has 0 radical (unpaired) electrons. The smallest absolute Gasteiger partial charge is 0.222 e. The highest BCUT2D eigenvalue weighted by Crippen LogP contribution is 2.27. The Morgan fingerprint density at radius 2 is 1.76 bits per heavy atom. The van der Waals surface area contributed by atoms with E-state index in [-0.39, 0.29) is 5.91 Å². The number of rotatable bonds is 9. The van der Waals surface area contributed by atoms with Gasteiger partial charge >= 0.3 is 0 Å². The van der Waals surface area contributed by atoms with E-state index >= 15 is 0 Å². The van der Waals surface area contributed by atoms with E-state index in [0.717, 1.165) is 73.8 Å². The Morgan fingerprint density at radius 1 is 1.00 bits per heavy atom. The second-order valence-corrected chi connectivity index (χ2v) is 9.37. The minimum Gasteiger partial charge on any atom is -0.352 e. The molecule has 2 aromatic heterocycles. The first-order valence-corrected chi connectivity index (χ1v) is 12.4. The van der Waals surface area contributed by atoms with Gasteiger partial charge in [0.1, 0.15) is 11.6 Å². The first-order chi connectivity index (χ1) is 16.1. The fourth-order valence-electron chi connectivity index (χ4n) is 4.42. The number of aromatic nitrogens is 4. The van der Waals surface area contributed by atoms with Crippen LogP contribution in [0.15, 0.2) is 36.5 Å². The van der Waals surface area contributed by atoms with Crippen LogP contribution >= 0.6 is 0 Å². The number of piperazine rings is 1. The predicted molar refractivity (Wildman–Crippen MR) is 133 cm³/mol. The third-order valence-corrected chi connectivity index (χ3v) is 6.22. The summed E-state index contributed by atoms with van der Waals surface area (Å²) < 4.78 is 1.90. The van der Waals surface area contributed by atoms with E-state index in [9.17, 15) is 4.79 Å². The van der Waals surface area contributed by atoms with Crippen LogP contribution in [-0.4, -0.2) is 56.7 Å². The highest BCUT2D eigenvalue weighted by molar-refractivity contribution is 5.88. The lowest BCUT2D eigenvalue weighted by Gasteiger charge is -2.35. The molecule has 1 aromatic carbocycles. The number of unbranched alkanes of at least 4 members (excludes halogenated alkanes) is 3. The molecule has 0 saturated carbocycles. The molecule has 3 aromatic rings. The summed E-state index contributed by atoms with van der Waals surface area (Å²) in [6, 6.07) is 10.1. The van der Waals surface area contributed by atoms with E-state index in [1.165, 1.54) is 12.8 Å². The molecule has 7 heteroatoms. The molecule has 176 valence electrons. The van der Waals surface area contributed by atoms with Crippen molar-refractivity contribution in [2.24, 2.45) is 5.92 Å². The first kappa shape index (κ1) is 23.2. The van der Waals surface area contributed by atoms with Crippen molar-refractivity contribution in [3.05, 3.63) is 42.4 Å². The fraction of sp³-hybridized carbons (Fsp3) is 0.538. The van der Waals surface area contributed by atoms with Crippen LogP contribution in [0.25, 0.3) is 16.7 Å². The van der Waals surface area contributed by atoms with Crippen molar-refractivity contribution < 1.29 is 4.79 Å². The Balaban J connectivity index is 1.55. The summed E-state index contributed by atoms with van der Waals surface area (Å²) in [4.78, 5) is 26.8. The number of hydrogen-bond acceptors (Lipinski definition) is 5. The van der Waals surface area contributed by atoms with Crippen molar-refractivity contribution in [2.75, 3.05) is 31.1 Å². The number of carbonyl (C=O) groups excluding carboxylic acids is 1. The van der Waals surface area contributed by atoms with E-state index in [0.29, 0.717) is 12.3 Å². The van der Waals surface area contributed by atoms with Crippen molar-refractivity contribution in [1.29, 1.82) is 0 Å². The van der Waals surface area contributed by atoms with E-state index in [4.69, 9.17) is 9.97 Å². The van der Waals surface area contributed by atoms with Gasteiger partial charge in [-0.3, -0.25) is 4.79 Å². The predicted octanol–water partition coefficient (Wildman–Crippen LogP) is 4.63. The summed E-state index contributed by atoms with van der Waals surface area (Å²) in [5.41, 5.74) is 1.84. The molecule has 7 nitrogen and oxygen atoms in total. The highest BCUT2D eigenvalue weighted by atomic mass is 16.2. The van der Waals surface area contributed by atoms with Crippen molar-refractivity contribution in [2.45, 2.75) is 59.3 Å². The number of benzene rings is 1. The summed E-state index contributed by atoms with van der Waals surface area (Å²) in [6.07, 6.45) is 7.91. The number of hydrogen-bond donors (Lipinski definition) is 0. The van der Waals surface area contributed by atoms with Gasteiger partial charge in [-0.1, -0.05) is 58.2 Å². The topological polar surface area (TPSA) is 67.2 Å². The summed E-state index contributed by atoms with van der Waals surface area (Å²) >= 11 is 0. The zero-order valence-corrected chi connectivity index (χ0v) is 20.2. The number of anilines is 1. The van der Waals surface area contributed by atoms with Crippen molar-refractivity contribution >= 4 is 22.8 Å². The molecule has 33 heavy (non-hydrogen) atoms. The van der Waals surface area contributed by atoms with Crippen LogP contribution in [0.4, 0.5) is 5.82 Å². The molecule has 0 aliphatic carbocycles. The van der Waals surface area contributed by atoms with Crippen molar-refractivity contribution in [3.8, 4) is 5.69 Å². The molecule has 0 spiro atoms. The van der Waals surface area contributed by atoms with Gasteiger partial charge in [-0.25, -0.2) is 14.6 Å². The van der Waals surface area contributed by atoms with Gasteiger partial charge in [-0.2, -0.15) is 5.10 Å². The monoisotopic (exact) mass is 448 g/mol. The first-order valence-electron chi connectivity index (χ1n) is 12.4. The van der Waals surface area contributed by atoms with Gasteiger partial charge in [-0.15, -0.1) is 0 Å². The van der Waals surface area contributed by atoms with E-state index in [2.05, 4.69) is 30.8 Å². The molecule has 0 N–H and O–H groups in total. The van der Waals surface area contributed by atoms with E-state index in [1.54, 1.807) is 0 Å². The normalized spacial score (nSPS) is 14.4. The summed E-state index contributed by atoms with van der Waals surface area (Å²) in [7, 11) is 0. The SMILES string of the molecule is CCCCCCC(=O)N1CCN(c2nc(CC(C)C)nc3c2cnn3-c2ccccc2)CC1. The standard InChI is InChI=1S/C26H36N6O/c1-4-5-6-10-13-24(33)30-14-16-31(17-15-30)25-22-19-27-32(21-11-8-7-9-12-21)26(22)29-23(28-25)18-20(2)3/h7-9,11-12,19-20H,4-6,10,13-18H2,1-3H3. The number of amides is 1. The van der Waals surface area contributed by atoms with E-state index < -0.39 is 0 Å². The summed E-state index contributed by atoms with van der Waals surface area (Å²) in [6.45, 7) is 9.62. The van der Waals surface area contributed by atoms with E-state index in [1.807, 2.05) is 46.1 Å². The van der Waals surface area contributed by atoms with Gasteiger partial charge in [-0.05, 0) is 24.5 Å². The van der Waals surface area contributed by atoms with Crippen LogP contribution in [0.3, 0.4) is 0 Å². The molecular formula is C26H36N6O. The average Bonchev–Trinajstić information content (AvgIpc) is 3.25. The van der Waals surface area contributed by atoms with Crippen molar-refractivity contribution in [3.63, 3.8) is 0 Å². The quantitative estimate of drug-likeness (QED) is 0.446. The molecule has 1 aliphatic rings. The fourth-order valence-corrected chi connectivity index (χ4v) is 4.42. The van der Waals surface area contributed by atoms with Gasteiger partial charge in [0.2, 0.25) is 5.91 Å². The molecule has 1 saturated heterocycles. The third-order valence-electron chi connectivity index (χ3n) is 6.22. The highest BCUT2D eigenvalue weighted by Gasteiger charge is 2.25. The molecule has 0 bridgehead atoms. The Labute approximate surface area is 196 Å². The van der Waals surface area contributed by atoms with Crippen LogP contribution < -0.4 is 4.90 Å². The minimum absolute atomic E-state index is 0.288. The van der Waals surface area contributed by atoms with Crippen LogP contribution in [0.2, 0.25) is 0 Å². The third kappa shape index (κ3) is 5.52. The zero-order chi connectivity index (χ0) is 23.2. The molecule has 4 rings (SSSR count). The average molecular weight is 449 g/mol. The summed E-state index contributed by atoms with van der Waals surface area (Å²) in [5.74, 6) is 2.54. The summed E-state index contributed by atoms with van der Waals surface area (Å²) in [5, 5.41) is 5.62. The minimum atomic E-state index is 0.288. The number of carbonyl (C=O) groups is 1. The maximum absolute atomic E-state index is 12.6. The Hall–Kier alpha value is -2.96. The van der Waals surface area contributed by atoms with Gasteiger partial charge in [0.05, 0.1) is 17.3 Å². The molecule has 1 amide bonds. The molecule has 0 unspecified atom stereocenters. The number of fused-ring (bicyclic) bond motifs is 1. The maximum atomic E-state index is 12.6. The Bertz CT molecular complexity index is 1050. The zero-order valence-electron chi connectivity index (χ0n) is 20.2. The lowest BCUT2D eigenvalue weighted by Crippen LogP contribution is -2.49. The maximum Gasteiger partial charge on any atom is 0.222 e. The van der Waals surface area contributed by atoms with Crippen LogP contribution in [-0.2, 0) is 11.2 Å². The van der Waals surface area contributed by atoms with Gasteiger partial charge in [0.15, 0.2) is 5.65 Å². The van der Waals surface area contributed by atoms with Gasteiger partial charge < -0.3 is 9.80 Å².